The minimum atomic E-state index is -2.06. The minimum Gasteiger partial charge on any atom is -0.497 e. The molecule has 0 aliphatic carbocycles. The lowest BCUT2D eigenvalue weighted by Crippen LogP contribution is -2.50. The summed E-state index contributed by atoms with van der Waals surface area (Å²) in [6.45, 7) is 33.6. The van der Waals surface area contributed by atoms with E-state index in [9.17, 15) is 0 Å². The van der Waals surface area contributed by atoms with Gasteiger partial charge in [0.05, 0.1) is 25.9 Å². The van der Waals surface area contributed by atoms with Gasteiger partial charge in [0.2, 0.25) is 0 Å². The van der Waals surface area contributed by atoms with Gasteiger partial charge < -0.3 is 23.1 Å². The maximum absolute atomic E-state index is 7.20. The van der Waals surface area contributed by atoms with Crippen molar-refractivity contribution in [2.75, 3.05) is 20.3 Å². The molecule has 6 atom stereocenters. The quantitative estimate of drug-likeness (QED) is 0.189. The van der Waals surface area contributed by atoms with Crippen LogP contribution in [0, 0.1) is 17.8 Å². The molecule has 0 aromatic heterocycles. The molecule has 2 rings (SSSR count). The Balaban J connectivity index is 2.33. The minimum absolute atomic E-state index is 0.00208. The summed E-state index contributed by atoms with van der Waals surface area (Å²) in [6, 6.07) is 7.98. The molecular weight excluding hydrogens is 533 g/mol. The molecule has 0 unspecified atom stereocenters. The Morgan fingerprint density at radius 1 is 0.975 bits per heavy atom. The van der Waals surface area contributed by atoms with Gasteiger partial charge in [-0.2, -0.15) is 0 Å². The van der Waals surface area contributed by atoms with Crippen LogP contribution >= 0.6 is 0 Å². The lowest BCUT2D eigenvalue weighted by atomic mass is 9.85. The molecule has 0 N–H and O–H groups in total. The Morgan fingerprint density at radius 2 is 1.52 bits per heavy atom. The van der Waals surface area contributed by atoms with Gasteiger partial charge in [-0.3, -0.25) is 0 Å². The fourth-order valence-corrected chi connectivity index (χ4v) is 7.16. The van der Waals surface area contributed by atoms with Crippen LogP contribution in [0.5, 0.6) is 5.75 Å². The second kappa shape index (κ2) is 13.6. The summed E-state index contributed by atoms with van der Waals surface area (Å²) < 4.78 is 32.0. The number of ether oxygens (including phenoxy) is 3. The summed E-state index contributed by atoms with van der Waals surface area (Å²) in [4.78, 5) is 0. The number of hydrogen-bond acceptors (Lipinski definition) is 5. The lowest BCUT2D eigenvalue weighted by Gasteiger charge is -2.45. The van der Waals surface area contributed by atoms with Crippen LogP contribution in [0.2, 0.25) is 36.3 Å². The molecule has 1 aromatic carbocycles. The van der Waals surface area contributed by atoms with E-state index in [1.807, 2.05) is 24.3 Å². The van der Waals surface area contributed by atoms with Gasteiger partial charge in [-0.15, -0.1) is 0 Å². The SMILES string of the molecule is COc1ccc([C@@H]2OC[C@H](C)[C@H]([C@H](C)[C@@H](O[Si](C)(C)C(C)(C)C)/C(C)=C/[C@H](C)CO[Si](C)(C)C(C)(C)C)O2)cc1. The molecule has 40 heavy (non-hydrogen) atoms. The molecular formula is C33H60O5Si2. The van der Waals surface area contributed by atoms with Crippen molar-refractivity contribution in [1.29, 1.82) is 0 Å². The van der Waals surface area contributed by atoms with Crippen LogP contribution in [0.4, 0.5) is 0 Å². The predicted octanol–water partition coefficient (Wildman–Crippen LogP) is 9.38. The highest BCUT2D eigenvalue weighted by atomic mass is 28.4. The molecule has 0 amide bonds. The van der Waals surface area contributed by atoms with Crippen LogP contribution in [0.15, 0.2) is 35.9 Å². The summed E-state index contributed by atoms with van der Waals surface area (Å²) in [5.41, 5.74) is 2.28. The summed E-state index contributed by atoms with van der Waals surface area (Å²) in [5.74, 6) is 1.53. The third kappa shape index (κ3) is 9.02. The van der Waals surface area contributed by atoms with E-state index in [0.717, 1.165) is 17.9 Å². The Morgan fingerprint density at radius 3 is 2.02 bits per heavy atom. The van der Waals surface area contributed by atoms with Crippen molar-refractivity contribution in [2.24, 2.45) is 17.8 Å². The first-order valence-electron chi connectivity index (χ1n) is 15.1. The molecule has 0 radical (unpaired) electrons. The van der Waals surface area contributed by atoms with Crippen LogP contribution in [-0.2, 0) is 18.3 Å². The predicted molar refractivity (Wildman–Crippen MR) is 173 cm³/mol. The normalized spacial score (nSPS) is 24.0. The van der Waals surface area contributed by atoms with Crippen LogP contribution in [0.1, 0.15) is 81.1 Å². The summed E-state index contributed by atoms with van der Waals surface area (Å²) in [7, 11) is -2.19. The summed E-state index contributed by atoms with van der Waals surface area (Å²) >= 11 is 0. The summed E-state index contributed by atoms with van der Waals surface area (Å²) in [6.07, 6.45) is 1.94. The van der Waals surface area contributed by atoms with E-state index < -0.39 is 22.9 Å². The Labute approximate surface area is 248 Å². The first kappa shape index (κ1) is 35.2. The van der Waals surface area contributed by atoms with E-state index in [2.05, 4.69) is 102 Å². The first-order valence-corrected chi connectivity index (χ1v) is 20.9. The highest BCUT2D eigenvalue weighted by molar-refractivity contribution is 6.74. The fraction of sp³-hybridized carbons (Fsp3) is 0.758. The second-order valence-electron chi connectivity index (χ2n) is 15.1. The topological polar surface area (TPSA) is 46.2 Å². The fourth-order valence-electron chi connectivity index (χ4n) is 4.66. The Kier molecular flexibility index (Phi) is 11.9. The number of hydrogen-bond donors (Lipinski definition) is 0. The molecule has 1 aliphatic rings. The van der Waals surface area contributed by atoms with Crippen LogP contribution in [-0.4, -0.2) is 49.2 Å². The Hall–Kier alpha value is -0.966. The molecule has 1 saturated heterocycles. The molecule has 1 heterocycles. The van der Waals surface area contributed by atoms with Gasteiger partial charge in [-0.1, -0.05) is 80.5 Å². The number of methoxy groups -OCH3 is 1. The van der Waals surface area contributed by atoms with Crippen LogP contribution in [0.25, 0.3) is 0 Å². The van der Waals surface area contributed by atoms with Crippen LogP contribution < -0.4 is 4.74 Å². The van der Waals surface area contributed by atoms with Crippen molar-refractivity contribution >= 4 is 16.6 Å². The molecule has 5 nitrogen and oxygen atoms in total. The third-order valence-electron chi connectivity index (χ3n) is 9.47. The zero-order valence-corrected chi connectivity index (χ0v) is 30.3. The van der Waals surface area contributed by atoms with Gasteiger partial charge in [0, 0.05) is 24.0 Å². The van der Waals surface area contributed by atoms with Crippen LogP contribution in [0.3, 0.4) is 0 Å². The first-order chi connectivity index (χ1) is 18.2. The smallest absolute Gasteiger partial charge is 0.192 e. The lowest BCUT2D eigenvalue weighted by molar-refractivity contribution is -0.254. The summed E-state index contributed by atoms with van der Waals surface area (Å²) in [5, 5.41) is 0.307. The highest BCUT2D eigenvalue weighted by Gasteiger charge is 2.44. The number of benzene rings is 1. The monoisotopic (exact) mass is 592 g/mol. The van der Waals surface area contributed by atoms with E-state index in [4.69, 9.17) is 23.1 Å². The van der Waals surface area contributed by atoms with Crippen molar-refractivity contribution in [2.45, 2.75) is 124 Å². The molecule has 0 spiro atoms. The van der Waals surface area contributed by atoms with Crippen molar-refractivity contribution in [3.8, 4) is 5.75 Å². The maximum atomic E-state index is 7.20. The van der Waals surface area contributed by atoms with Crippen molar-refractivity contribution in [3.63, 3.8) is 0 Å². The van der Waals surface area contributed by atoms with Gasteiger partial charge in [0.1, 0.15) is 5.75 Å². The molecule has 0 bridgehead atoms. The van der Waals surface area contributed by atoms with Crippen molar-refractivity contribution < 1.29 is 23.1 Å². The Bertz CT molecular complexity index is 959. The standard InChI is InChI=1S/C33H60O5Si2/c1-23(21-36-39(12,13)32(5,6)7)20-24(2)30(38-40(14,15)33(8,9)10)26(4)29-25(3)22-35-31(37-29)27-16-18-28(34-11)19-17-27/h16-20,23,25-26,29-31H,21-22H2,1-15H3/b24-20+/t23-,25-,26-,29+,30-,31+/m0/s1. The molecule has 230 valence electrons. The highest BCUT2D eigenvalue weighted by Crippen LogP contribution is 2.42. The van der Waals surface area contributed by atoms with Crippen molar-refractivity contribution in [3.05, 3.63) is 41.5 Å². The molecule has 1 fully saturated rings. The van der Waals surface area contributed by atoms with Gasteiger partial charge in [-0.05, 0) is 66.8 Å². The van der Waals surface area contributed by atoms with Gasteiger partial charge in [0.15, 0.2) is 22.9 Å². The van der Waals surface area contributed by atoms with Crippen molar-refractivity contribution in [1.82, 2.24) is 0 Å². The van der Waals surface area contributed by atoms with E-state index in [-0.39, 0.29) is 34.1 Å². The van der Waals surface area contributed by atoms with Gasteiger partial charge in [0.25, 0.3) is 0 Å². The van der Waals surface area contributed by atoms with E-state index in [1.165, 1.54) is 5.57 Å². The average Bonchev–Trinajstić information content (AvgIpc) is 2.84. The third-order valence-corrected chi connectivity index (χ3v) is 18.4. The molecule has 1 aliphatic heterocycles. The molecule has 7 heteroatoms. The second-order valence-corrected chi connectivity index (χ2v) is 24.7. The van der Waals surface area contributed by atoms with E-state index in [0.29, 0.717) is 12.5 Å². The van der Waals surface area contributed by atoms with Gasteiger partial charge >= 0.3 is 0 Å². The molecule has 1 aromatic rings. The molecule has 0 saturated carbocycles. The number of rotatable bonds is 11. The maximum Gasteiger partial charge on any atom is 0.192 e. The zero-order chi connectivity index (χ0) is 30.7. The average molecular weight is 593 g/mol. The zero-order valence-electron chi connectivity index (χ0n) is 28.3. The van der Waals surface area contributed by atoms with E-state index >= 15 is 0 Å². The largest absolute Gasteiger partial charge is 0.497 e. The van der Waals surface area contributed by atoms with Gasteiger partial charge in [-0.25, -0.2) is 0 Å². The van der Waals surface area contributed by atoms with E-state index in [1.54, 1.807) is 7.11 Å².